The average molecular weight is 302 g/mol. The van der Waals surface area contributed by atoms with Crippen molar-refractivity contribution in [3.63, 3.8) is 0 Å². The largest absolute Gasteiger partial charge is 0.488 e. The lowest BCUT2D eigenvalue weighted by molar-refractivity contribution is -0.186. The molecule has 1 aromatic rings. The van der Waals surface area contributed by atoms with Crippen molar-refractivity contribution in [1.29, 1.82) is 0 Å². The van der Waals surface area contributed by atoms with Gasteiger partial charge in [0.05, 0.1) is 0 Å². The zero-order chi connectivity index (χ0) is 15.1. The minimum Gasteiger partial charge on any atom is -0.488 e. The van der Waals surface area contributed by atoms with Crippen LogP contribution in [0.4, 0.5) is 8.78 Å². The number of rotatable bonds is 6. The first-order valence-corrected chi connectivity index (χ1v) is 6.60. The number of hydroxylamine groups is 1. The maximum absolute atomic E-state index is 12.1. The molecule has 1 aliphatic heterocycles. The van der Waals surface area contributed by atoms with Crippen LogP contribution >= 0.6 is 0 Å². The van der Waals surface area contributed by atoms with Crippen LogP contribution in [0.25, 0.3) is 0 Å². The van der Waals surface area contributed by atoms with Crippen LogP contribution < -0.4 is 10.2 Å². The van der Waals surface area contributed by atoms with Gasteiger partial charge in [-0.2, -0.15) is 0 Å². The fourth-order valence-electron chi connectivity index (χ4n) is 1.76. The summed E-state index contributed by atoms with van der Waals surface area (Å²) in [6.45, 7) is -0.146. The van der Waals surface area contributed by atoms with Gasteiger partial charge in [-0.25, -0.2) is 19.1 Å². The summed E-state index contributed by atoms with van der Waals surface area (Å²) in [4.78, 5) is 20.8. The molecule has 21 heavy (non-hydrogen) atoms. The third kappa shape index (κ3) is 5.24. The molecule has 1 aromatic heterocycles. The summed E-state index contributed by atoms with van der Waals surface area (Å²) in [5.41, 5.74) is 2.24. The molecule has 0 bridgehead atoms. The smallest absolute Gasteiger partial charge is 0.293 e. The van der Waals surface area contributed by atoms with Crippen LogP contribution in [0.15, 0.2) is 18.3 Å². The Labute approximate surface area is 120 Å². The van der Waals surface area contributed by atoms with Gasteiger partial charge in [0.15, 0.2) is 6.29 Å². The molecule has 1 saturated heterocycles. The molecule has 1 N–H and O–H groups in total. The van der Waals surface area contributed by atoms with E-state index >= 15 is 0 Å². The summed E-state index contributed by atoms with van der Waals surface area (Å²) in [6, 6.07) is 2.66. The van der Waals surface area contributed by atoms with Gasteiger partial charge in [0.1, 0.15) is 18.1 Å². The Balaban J connectivity index is 1.84. The zero-order valence-corrected chi connectivity index (χ0v) is 11.3. The van der Waals surface area contributed by atoms with Crippen LogP contribution in [0, 0.1) is 0 Å². The number of halogens is 2. The Morgan fingerprint density at radius 2 is 2.38 bits per heavy atom. The first-order valence-electron chi connectivity index (χ1n) is 6.60. The van der Waals surface area contributed by atoms with E-state index in [1.165, 1.54) is 18.3 Å². The van der Waals surface area contributed by atoms with E-state index in [4.69, 9.17) is 14.3 Å². The van der Waals surface area contributed by atoms with Crippen molar-refractivity contribution in [2.75, 3.05) is 13.2 Å². The quantitative estimate of drug-likeness (QED) is 0.813. The van der Waals surface area contributed by atoms with Gasteiger partial charge in [-0.1, -0.05) is 0 Å². The number of nitrogens with zero attached hydrogens (tertiary/aromatic N) is 1. The Morgan fingerprint density at radius 1 is 1.52 bits per heavy atom. The van der Waals surface area contributed by atoms with E-state index in [2.05, 4.69) is 10.5 Å². The number of carbonyl (C=O) groups is 1. The maximum Gasteiger partial charge on any atom is 0.293 e. The van der Waals surface area contributed by atoms with E-state index < -0.39 is 25.2 Å². The standard InChI is InChI=1S/C13H16F2N2O4/c14-11(15)8-20-9-4-5-16-10(7-9)13(18)17-21-12-3-1-2-6-19-12/h4-5,7,11-12H,1-3,6,8H2,(H,17,18)/t12-/m1/s1. The zero-order valence-electron chi connectivity index (χ0n) is 11.3. The van der Waals surface area contributed by atoms with Gasteiger partial charge in [-0.3, -0.25) is 9.78 Å². The summed E-state index contributed by atoms with van der Waals surface area (Å²) in [7, 11) is 0. The van der Waals surface area contributed by atoms with Crippen LogP contribution in [0.3, 0.4) is 0 Å². The van der Waals surface area contributed by atoms with Crippen molar-refractivity contribution in [1.82, 2.24) is 10.5 Å². The number of hydrogen-bond donors (Lipinski definition) is 1. The number of hydrogen-bond acceptors (Lipinski definition) is 5. The highest BCUT2D eigenvalue weighted by Gasteiger charge is 2.17. The summed E-state index contributed by atoms with van der Waals surface area (Å²) in [6.07, 6.45) is 0.885. The van der Waals surface area contributed by atoms with Crippen molar-refractivity contribution in [3.05, 3.63) is 24.0 Å². The van der Waals surface area contributed by atoms with Crippen molar-refractivity contribution >= 4 is 5.91 Å². The van der Waals surface area contributed by atoms with Crippen molar-refractivity contribution in [2.45, 2.75) is 32.0 Å². The Hall–Kier alpha value is -1.80. The molecular formula is C13H16F2N2O4. The number of pyridine rings is 1. The van der Waals surface area contributed by atoms with Gasteiger partial charge in [0.25, 0.3) is 12.3 Å². The molecule has 0 aliphatic carbocycles. The van der Waals surface area contributed by atoms with Gasteiger partial charge in [-0.05, 0) is 18.9 Å². The molecule has 1 amide bonds. The minimum absolute atomic E-state index is 0.0116. The molecule has 0 saturated carbocycles. The molecule has 0 unspecified atom stereocenters. The number of amides is 1. The third-order valence-electron chi connectivity index (χ3n) is 2.76. The van der Waals surface area contributed by atoms with E-state index in [0.29, 0.717) is 13.0 Å². The Bertz CT molecular complexity index is 467. The third-order valence-corrected chi connectivity index (χ3v) is 2.76. The van der Waals surface area contributed by atoms with E-state index in [-0.39, 0.29) is 11.4 Å². The molecule has 6 nitrogen and oxygen atoms in total. The topological polar surface area (TPSA) is 69.7 Å². The predicted molar refractivity (Wildman–Crippen MR) is 67.9 cm³/mol. The molecule has 0 spiro atoms. The van der Waals surface area contributed by atoms with Crippen LogP contribution in [-0.4, -0.2) is 36.8 Å². The van der Waals surface area contributed by atoms with Crippen LogP contribution in [0.1, 0.15) is 29.8 Å². The number of aromatic nitrogens is 1. The Kier molecular flexibility index (Phi) is 5.82. The molecule has 2 rings (SSSR count). The summed E-state index contributed by atoms with van der Waals surface area (Å²) < 4.78 is 34.2. The SMILES string of the molecule is O=C(NO[C@@H]1CCCCO1)c1cc(OCC(F)F)ccn1. The maximum atomic E-state index is 12.1. The van der Waals surface area contributed by atoms with Gasteiger partial charge in [0.2, 0.25) is 0 Å². The summed E-state index contributed by atoms with van der Waals surface area (Å²) >= 11 is 0. The van der Waals surface area contributed by atoms with Crippen LogP contribution in [-0.2, 0) is 9.57 Å². The highest BCUT2D eigenvalue weighted by atomic mass is 19.3. The first kappa shape index (κ1) is 15.6. The van der Waals surface area contributed by atoms with Crippen LogP contribution in [0.2, 0.25) is 0 Å². The van der Waals surface area contributed by atoms with E-state index in [1.54, 1.807) is 0 Å². The molecule has 1 atom stereocenters. The van der Waals surface area contributed by atoms with E-state index in [1.807, 2.05) is 0 Å². The number of alkyl halides is 2. The van der Waals surface area contributed by atoms with Gasteiger partial charge in [-0.15, -0.1) is 0 Å². The Morgan fingerprint density at radius 3 is 3.10 bits per heavy atom. The van der Waals surface area contributed by atoms with Gasteiger partial charge in [0, 0.05) is 25.3 Å². The molecule has 116 valence electrons. The fraction of sp³-hybridized carbons (Fsp3) is 0.538. The van der Waals surface area contributed by atoms with E-state index in [0.717, 1.165) is 12.8 Å². The lowest BCUT2D eigenvalue weighted by atomic mass is 10.2. The number of nitrogens with one attached hydrogen (secondary N) is 1. The van der Waals surface area contributed by atoms with Crippen LogP contribution in [0.5, 0.6) is 5.75 Å². The lowest BCUT2D eigenvalue weighted by Gasteiger charge is -2.21. The van der Waals surface area contributed by atoms with Gasteiger partial charge >= 0.3 is 0 Å². The predicted octanol–water partition coefficient (Wildman–Crippen LogP) is 1.91. The van der Waals surface area contributed by atoms with Gasteiger partial charge < -0.3 is 9.47 Å². The molecule has 0 aromatic carbocycles. The normalized spacial score (nSPS) is 18.5. The second-order valence-corrected chi connectivity index (χ2v) is 4.42. The lowest BCUT2D eigenvalue weighted by Crippen LogP contribution is -2.33. The molecule has 8 heteroatoms. The fourth-order valence-corrected chi connectivity index (χ4v) is 1.76. The number of carbonyl (C=O) groups excluding carboxylic acids is 1. The molecule has 0 radical (unpaired) electrons. The summed E-state index contributed by atoms with van der Waals surface area (Å²) in [5.74, 6) is -0.448. The van der Waals surface area contributed by atoms with Crippen molar-refractivity contribution in [3.8, 4) is 5.75 Å². The second kappa shape index (κ2) is 7.84. The first-order chi connectivity index (χ1) is 10.1. The number of ether oxygens (including phenoxy) is 2. The van der Waals surface area contributed by atoms with Crippen molar-refractivity contribution < 1.29 is 27.9 Å². The average Bonchev–Trinajstić information content (AvgIpc) is 2.52. The molecule has 1 aliphatic rings. The highest BCUT2D eigenvalue weighted by molar-refractivity contribution is 5.91. The highest BCUT2D eigenvalue weighted by Crippen LogP contribution is 2.14. The molecular weight excluding hydrogens is 286 g/mol. The monoisotopic (exact) mass is 302 g/mol. The summed E-state index contributed by atoms with van der Waals surface area (Å²) in [5, 5.41) is 0. The minimum atomic E-state index is -2.58. The van der Waals surface area contributed by atoms with E-state index in [9.17, 15) is 13.6 Å². The molecule has 2 heterocycles. The second-order valence-electron chi connectivity index (χ2n) is 4.42. The van der Waals surface area contributed by atoms with Crippen molar-refractivity contribution in [2.24, 2.45) is 0 Å². The molecule has 1 fully saturated rings.